The number of methoxy groups -OCH3 is 2. The molecule has 3 rings (SSSR count). The minimum atomic E-state index is -0.645. The molecule has 0 atom stereocenters. The van der Waals surface area contributed by atoms with Crippen molar-refractivity contribution in [3.63, 3.8) is 0 Å². The van der Waals surface area contributed by atoms with Crippen molar-refractivity contribution in [3.8, 4) is 0 Å². The Kier molecular flexibility index (Phi) is 10.6. The van der Waals surface area contributed by atoms with Crippen molar-refractivity contribution in [2.24, 2.45) is 0 Å². The van der Waals surface area contributed by atoms with Crippen LogP contribution >= 0.6 is 0 Å². The summed E-state index contributed by atoms with van der Waals surface area (Å²) in [6.45, 7) is 3.46. The van der Waals surface area contributed by atoms with E-state index in [0.717, 1.165) is 0 Å². The molecule has 2 bridgehead atoms. The maximum absolute atomic E-state index is 12.4. The topological polar surface area (TPSA) is 98.8 Å². The Morgan fingerprint density at radius 3 is 1.24 bits per heavy atom. The Morgan fingerprint density at radius 2 is 0.931 bits per heavy atom. The van der Waals surface area contributed by atoms with Crippen LogP contribution in [-0.2, 0) is 46.4 Å². The summed E-state index contributed by atoms with van der Waals surface area (Å²) in [6, 6.07) is 3.44. The maximum Gasteiger partial charge on any atom is 0.339 e. The Morgan fingerprint density at radius 1 is 0.621 bits per heavy atom. The summed E-state index contributed by atoms with van der Waals surface area (Å²) < 4.78 is 37.2. The highest BCUT2D eigenvalue weighted by molar-refractivity contribution is 6.05. The maximum atomic E-state index is 12.4. The van der Waals surface area contributed by atoms with E-state index >= 15 is 0 Å². The van der Waals surface area contributed by atoms with Gasteiger partial charge in [0.25, 0.3) is 0 Å². The van der Waals surface area contributed by atoms with E-state index in [1.807, 2.05) is 0 Å². The van der Waals surface area contributed by atoms with Gasteiger partial charge in [0.1, 0.15) is 0 Å². The Labute approximate surface area is 170 Å². The Balaban J connectivity index is 2.26. The number of carbonyl (C=O) groups excluding carboxylic acids is 2. The van der Waals surface area contributed by atoms with Crippen molar-refractivity contribution in [1.82, 2.24) is 0 Å². The summed E-state index contributed by atoms with van der Waals surface area (Å²) in [5.41, 5.74) is 1.27. The van der Waals surface area contributed by atoms with Gasteiger partial charge in [-0.25, -0.2) is 9.59 Å². The first-order chi connectivity index (χ1) is 14.2. The highest BCUT2D eigenvalue weighted by Crippen LogP contribution is 2.23. The number of hydrogen-bond acceptors (Lipinski definition) is 9. The second-order valence-corrected chi connectivity index (χ2v) is 6.06. The van der Waals surface area contributed by atoms with Crippen LogP contribution in [0, 0.1) is 0 Å². The number of carbonyl (C=O) groups is 2. The number of benzene rings is 1. The van der Waals surface area contributed by atoms with E-state index in [1.165, 1.54) is 14.2 Å². The third-order valence-corrected chi connectivity index (χ3v) is 4.16. The van der Waals surface area contributed by atoms with Crippen LogP contribution in [0.3, 0.4) is 0 Å². The first kappa shape index (κ1) is 23.2. The molecule has 2 heterocycles. The fourth-order valence-electron chi connectivity index (χ4n) is 2.74. The number of fused-ring (bicyclic) bond motifs is 16. The Bertz CT molecular complexity index is 605. The van der Waals surface area contributed by atoms with Crippen molar-refractivity contribution in [2.75, 3.05) is 67.1 Å². The monoisotopic (exact) mass is 412 g/mol. The molecule has 9 nitrogen and oxygen atoms in total. The molecule has 0 aliphatic carbocycles. The van der Waals surface area contributed by atoms with Gasteiger partial charge in [0, 0.05) is 0 Å². The molecule has 0 unspecified atom stereocenters. The van der Waals surface area contributed by atoms with Crippen molar-refractivity contribution >= 4 is 11.9 Å². The average Bonchev–Trinajstić information content (AvgIpc) is 2.75. The third-order valence-electron chi connectivity index (χ3n) is 4.16. The summed E-state index contributed by atoms with van der Waals surface area (Å²) in [5, 5.41) is 0. The second kappa shape index (κ2) is 13.2. The van der Waals surface area contributed by atoms with E-state index in [4.69, 9.17) is 33.2 Å². The summed E-state index contributed by atoms with van der Waals surface area (Å²) in [4.78, 5) is 24.9. The lowest BCUT2D eigenvalue weighted by Crippen LogP contribution is -2.19. The number of rotatable bonds is 2. The number of ether oxygens (including phenoxy) is 7. The lowest BCUT2D eigenvalue weighted by atomic mass is 9.96. The molecule has 0 N–H and O–H groups in total. The molecule has 1 aromatic carbocycles. The molecular formula is C20H28O9. The first-order valence-electron chi connectivity index (χ1n) is 9.39. The smallest absolute Gasteiger partial charge is 0.339 e. The summed E-state index contributed by atoms with van der Waals surface area (Å²) >= 11 is 0. The van der Waals surface area contributed by atoms with E-state index < -0.39 is 11.9 Å². The summed E-state index contributed by atoms with van der Waals surface area (Å²) in [5.74, 6) is -1.29. The number of hydrogen-bond donors (Lipinski definition) is 0. The van der Waals surface area contributed by atoms with Gasteiger partial charge in [0.05, 0.1) is 91.4 Å². The van der Waals surface area contributed by atoms with Gasteiger partial charge in [0.15, 0.2) is 0 Å². The predicted octanol–water partition coefficient (Wildman–Crippen LogP) is 1.36. The highest BCUT2D eigenvalue weighted by atomic mass is 16.6. The van der Waals surface area contributed by atoms with E-state index in [2.05, 4.69) is 0 Å². The normalized spacial score (nSPS) is 17.6. The zero-order valence-electron chi connectivity index (χ0n) is 16.9. The molecule has 0 fully saturated rings. The third kappa shape index (κ3) is 7.37. The quantitative estimate of drug-likeness (QED) is 0.526. The summed E-state index contributed by atoms with van der Waals surface area (Å²) in [6.07, 6.45) is 0. The largest absolute Gasteiger partial charge is 0.465 e. The fourth-order valence-corrected chi connectivity index (χ4v) is 2.74. The van der Waals surface area contributed by atoms with E-state index in [9.17, 15) is 9.59 Å². The van der Waals surface area contributed by atoms with E-state index in [1.54, 1.807) is 12.1 Å². The van der Waals surface area contributed by atoms with Crippen LogP contribution in [0.15, 0.2) is 12.1 Å². The van der Waals surface area contributed by atoms with Gasteiger partial charge in [-0.3, -0.25) is 0 Å². The standard InChI is InChI=1S/C20H28O9/c1-23-19(21)17-15-3-4-16(18(17)20(22)24-2)14-29-12-10-27-8-6-25-5-7-26-9-11-28-13-15/h3-4H,5-14H2,1-2H3. The molecule has 29 heavy (non-hydrogen) atoms. The zero-order valence-corrected chi connectivity index (χ0v) is 16.9. The van der Waals surface area contributed by atoms with Crippen LogP contribution in [0.25, 0.3) is 0 Å². The van der Waals surface area contributed by atoms with Crippen LogP contribution in [-0.4, -0.2) is 79.0 Å². The molecule has 2 aliphatic rings. The fraction of sp³-hybridized carbons (Fsp3) is 0.600. The van der Waals surface area contributed by atoms with Gasteiger partial charge in [-0.15, -0.1) is 0 Å². The molecular weight excluding hydrogens is 384 g/mol. The minimum absolute atomic E-state index is 0.114. The molecule has 0 aromatic heterocycles. The lowest BCUT2D eigenvalue weighted by Gasteiger charge is -2.16. The molecule has 0 saturated carbocycles. The predicted molar refractivity (Wildman–Crippen MR) is 101 cm³/mol. The van der Waals surface area contributed by atoms with Crippen molar-refractivity contribution in [2.45, 2.75) is 13.2 Å². The van der Waals surface area contributed by atoms with Crippen molar-refractivity contribution in [1.29, 1.82) is 0 Å². The van der Waals surface area contributed by atoms with Crippen LogP contribution in [0.1, 0.15) is 31.8 Å². The molecule has 9 heteroatoms. The molecule has 2 aliphatic heterocycles. The van der Waals surface area contributed by atoms with Gasteiger partial charge in [-0.05, 0) is 11.1 Å². The average molecular weight is 412 g/mol. The SMILES string of the molecule is COC(=O)c1c2ccc(c1C(=O)OC)COCCOCCOCCOCCOC2. The highest BCUT2D eigenvalue weighted by Gasteiger charge is 2.26. The van der Waals surface area contributed by atoms with Gasteiger partial charge >= 0.3 is 11.9 Å². The molecule has 0 saturated heterocycles. The second-order valence-electron chi connectivity index (χ2n) is 6.06. The van der Waals surface area contributed by atoms with Crippen LogP contribution in [0.2, 0.25) is 0 Å². The van der Waals surface area contributed by atoms with Crippen LogP contribution in [0.4, 0.5) is 0 Å². The molecule has 0 amide bonds. The van der Waals surface area contributed by atoms with E-state index in [0.29, 0.717) is 64.0 Å². The minimum Gasteiger partial charge on any atom is -0.465 e. The molecule has 0 radical (unpaired) electrons. The number of esters is 2. The van der Waals surface area contributed by atoms with Gasteiger partial charge in [-0.1, -0.05) is 12.1 Å². The molecule has 162 valence electrons. The van der Waals surface area contributed by atoms with Gasteiger partial charge in [0.2, 0.25) is 0 Å². The first-order valence-corrected chi connectivity index (χ1v) is 9.39. The lowest BCUT2D eigenvalue weighted by molar-refractivity contribution is -0.0135. The van der Waals surface area contributed by atoms with Crippen LogP contribution in [0.5, 0.6) is 0 Å². The summed E-state index contributed by atoms with van der Waals surface area (Å²) in [7, 11) is 2.51. The molecule has 1 aromatic rings. The van der Waals surface area contributed by atoms with Gasteiger partial charge < -0.3 is 33.2 Å². The molecule has 0 spiro atoms. The zero-order chi connectivity index (χ0) is 20.9. The van der Waals surface area contributed by atoms with Crippen molar-refractivity contribution in [3.05, 3.63) is 34.4 Å². The van der Waals surface area contributed by atoms with E-state index in [-0.39, 0.29) is 24.3 Å². The van der Waals surface area contributed by atoms with Crippen molar-refractivity contribution < 1.29 is 42.7 Å². The van der Waals surface area contributed by atoms with Gasteiger partial charge in [-0.2, -0.15) is 0 Å². The Hall–Kier alpha value is -2.04. The van der Waals surface area contributed by atoms with Crippen LogP contribution < -0.4 is 0 Å².